The summed E-state index contributed by atoms with van der Waals surface area (Å²) in [5, 5.41) is 14.8. The van der Waals surface area contributed by atoms with Gasteiger partial charge in [0.2, 0.25) is 6.79 Å². The van der Waals surface area contributed by atoms with Gasteiger partial charge in [-0.3, -0.25) is 4.68 Å². The summed E-state index contributed by atoms with van der Waals surface area (Å²) in [4.78, 5) is 0. The van der Waals surface area contributed by atoms with Crippen molar-refractivity contribution in [2.24, 2.45) is 0 Å². The largest absolute Gasteiger partial charge is 0.454 e. The first kappa shape index (κ1) is 13.0. The third-order valence-corrected chi connectivity index (χ3v) is 3.38. The Labute approximate surface area is 117 Å². The molecule has 1 aromatic carbocycles. The van der Waals surface area contributed by atoms with Crippen LogP contribution in [0.25, 0.3) is 0 Å². The average Bonchev–Trinajstić information content (AvgIpc) is 3.05. The van der Waals surface area contributed by atoms with E-state index in [0.29, 0.717) is 18.2 Å². The molecule has 0 aliphatic carbocycles. The number of rotatable bonds is 4. The van der Waals surface area contributed by atoms with E-state index in [-0.39, 0.29) is 6.79 Å². The zero-order valence-electron chi connectivity index (χ0n) is 11.6. The quantitative estimate of drug-likeness (QED) is 0.930. The minimum Gasteiger partial charge on any atom is -0.454 e. The molecule has 0 radical (unpaired) electrons. The van der Waals surface area contributed by atoms with E-state index in [1.807, 2.05) is 35.1 Å². The van der Waals surface area contributed by atoms with E-state index in [9.17, 15) is 5.11 Å². The molecular formula is C15H18N2O3. The van der Waals surface area contributed by atoms with E-state index in [4.69, 9.17) is 9.47 Å². The van der Waals surface area contributed by atoms with Gasteiger partial charge in [-0.2, -0.15) is 5.10 Å². The molecule has 0 bridgehead atoms. The van der Waals surface area contributed by atoms with E-state index in [2.05, 4.69) is 18.9 Å². The fourth-order valence-corrected chi connectivity index (χ4v) is 2.21. The van der Waals surface area contributed by atoms with Crippen molar-refractivity contribution in [3.05, 3.63) is 41.7 Å². The maximum Gasteiger partial charge on any atom is 0.231 e. The van der Waals surface area contributed by atoms with Gasteiger partial charge in [-0.05, 0) is 37.6 Å². The number of aliphatic hydroxyl groups excluding tert-OH is 1. The second-order valence-electron chi connectivity index (χ2n) is 5.21. The van der Waals surface area contributed by atoms with Crippen molar-refractivity contribution >= 4 is 0 Å². The number of benzene rings is 1. The number of aliphatic hydroxyl groups is 1. The topological polar surface area (TPSA) is 56.5 Å². The summed E-state index contributed by atoms with van der Waals surface area (Å²) >= 11 is 0. The molecule has 0 fully saturated rings. The predicted molar refractivity (Wildman–Crippen MR) is 73.8 cm³/mol. The van der Waals surface area contributed by atoms with Gasteiger partial charge in [0, 0.05) is 18.7 Å². The number of fused-ring (bicyclic) bond motifs is 1. The Morgan fingerprint density at radius 1 is 1.25 bits per heavy atom. The number of hydrogen-bond acceptors (Lipinski definition) is 4. The van der Waals surface area contributed by atoms with Crippen LogP contribution >= 0.6 is 0 Å². The smallest absolute Gasteiger partial charge is 0.231 e. The lowest BCUT2D eigenvalue weighted by atomic mass is 10.0. The molecule has 1 aliphatic heterocycles. The first-order valence-electron chi connectivity index (χ1n) is 6.75. The standard InChI is InChI=1S/C15H18N2O3/c1-10(2)17-6-5-12(16-17)8-13(18)11-3-4-14-15(7-11)20-9-19-14/h3-7,10,13,18H,8-9H2,1-2H3. The van der Waals surface area contributed by atoms with Crippen LogP contribution < -0.4 is 9.47 Å². The molecule has 0 saturated carbocycles. The SMILES string of the molecule is CC(C)n1ccc(CC(O)c2ccc3c(c2)OCO3)n1. The number of ether oxygens (including phenoxy) is 2. The van der Waals surface area contributed by atoms with Gasteiger partial charge in [0.05, 0.1) is 11.8 Å². The van der Waals surface area contributed by atoms with Gasteiger partial charge < -0.3 is 14.6 Å². The third kappa shape index (κ3) is 2.49. The van der Waals surface area contributed by atoms with E-state index < -0.39 is 6.10 Å². The van der Waals surface area contributed by atoms with Gasteiger partial charge >= 0.3 is 0 Å². The molecule has 106 valence electrons. The molecule has 1 aliphatic rings. The Balaban J connectivity index is 1.73. The van der Waals surface area contributed by atoms with Crippen LogP contribution in [0.15, 0.2) is 30.5 Å². The Hall–Kier alpha value is -2.01. The van der Waals surface area contributed by atoms with Crippen molar-refractivity contribution in [1.82, 2.24) is 9.78 Å². The van der Waals surface area contributed by atoms with Gasteiger partial charge in [0.25, 0.3) is 0 Å². The van der Waals surface area contributed by atoms with Crippen LogP contribution in [0.1, 0.15) is 37.3 Å². The minimum atomic E-state index is -0.597. The molecule has 2 heterocycles. The molecule has 1 unspecified atom stereocenters. The number of nitrogens with zero attached hydrogens (tertiary/aromatic N) is 2. The Bertz CT molecular complexity index is 607. The summed E-state index contributed by atoms with van der Waals surface area (Å²) in [6.45, 7) is 4.39. The Kier molecular flexibility index (Phi) is 3.36. The zero-order valence-corrected chi connectivity index (χ0v) is 11.6. The van der Waals surface area contributed by atoms with Crippen molar-refractivity contribution in [2.75, 3.05) is 6.79 Å². The summed E-state index contributed by atoms with van der Waals surface area (Å²) in [6, 6.07) is 7.78. The summed E-state index contributed by atoms with van der Waals surface area (Å²) in [5.74, 6) is 1.42. The summed E-state index contributed by atoms with van der Waals surface area (Å²) in [7, 11) is 0. The Morgan fingerprint density at radius 3 is 2.80 bits per heavy atom. The second kappa shape index (κ2) is 5.17. The van der Waals surface area contributed by atoms with Crippen LogP contribution in [0.4, 0.5) is 0 Å². The highest BCUT2D eigenvalue weighted by molar-refractivity contribution is 5.45. The van der Waals surface area contributed by atoms with Crippen LogP contribution in [0, 0.1) is 0 Å². The lowest BCUT2D eigenvalue weighted by Gasteiger charge is -2.10. The van der Waals surface area contributed by atoms with Crippen molar-refractivity contribution in [3.63, 3.8) is 0 Å². The molecule has 2 aromatic rings. The zero-order chi connectivity index (χ0) is 14.1. The fourth-order valence-electron chi connectivity index (χ4n) is 2.21. The molecule has 0 amide bonds. The number of hydrogen-bond donors (Lipinski definition) is 1. The highest BCUT2D eigenvalue weighted by Gasteiger charge is 2.17. The van der Waals surface area contributed by atoms with Gasteiger partial charge in [-0.25, -0.2) is 0 Å². The van der Waals surface area contributed by atoms with Crippen molar-refractivity contribution in [1.29, 1.82) is 0 Å². The average molecular weight is 274 g/mol. The van der Waals surface area contributed by atoms with Crippen molar-refractivity contribution in [3.8, 4) is 11.5 Å². The van der Waals surface area contributed by atoms with Crippen molar-refractivity contribution in [2.45, 2.75) is 32.4 Å². The molecule has 0 saturated heterocycles. The first-order chi connectivity index (χ1) is 9.63. The summed E-state index contributed by atoms with van der Waals surface area (Å²) in [5.41, 5.74) is 1.69. The van der Waals surface area contributed by atoms with Crippen LogP contribution in [0.2, 0.25) is 0 Å². The number of aromatic nitrogens is 2. The van der Waals surface area contributed by atoms with E-state index in [1.165, 1.54) is 0 Å². The maximum atomic E-state index is 10.3. The molecule has 1 atom stereocenters. The maximum absolute atomic E-state index is 10.3. The first-order valence-corrected chi connectivity index (χ1v) is 6.75. The molecule has 5 nitrogen and oxygen atoms in total. The van der Waals surface area contributed by atoms with Crippen molar-refractivity contribution < 1.29 is 14.6 Å². The predicted octanol–water partition coefficient (Wildman–Crippen LogP) is 2.47. The van der Waals surface area contributed by atoms with Gasteiger partial charge in [-0.1, -0.05) is 6.07 Å². The van der Waals surface area contributed by atoms with E-state index in [1.54, 1.807) is 0 Å². The molecular weight excluding hydrogens is 256 g/mol. The second-order valence-corrected chi connectivity index (χ2v) is 5.21. The van der Waals surface area contributed by atoms with Gasteiger partial charge in [-0.15, -0.1) is 0 Å². The normalized spacial score (nSPS) is 14.8. The summed E-state index contributed by atoms with van der Waals surface area (Å²) < 4.78 is 12.5. The Morgan fingerprint density at radius 2 is 2.05 bits per heavy atom. The van der Waals surface area contributed by atoms with E-state index in [0.717, 1.165) is 17.0 Å². The van der Waals surface area contributed by atoms with Crippen LogP contribution in [0.5, 0.6) is 11.5 Å². The molecule has 20 heavy (non-hydrogen) atoms. The van der Waals surface area contributed by atoms with Gasteiger partial charge in [0.15, 0.2) is 11.5 Å². The lowest BCUT2D eigenvalue weighted by Crippen LogP contribution is -2.05. The van der Waals surface area contributed by atoms with Crippen LogP contribution in [-0.2, 0) is 6.42 Å². The molecule has 5 heteroatoms. The molecule has 0 spiro atoms. The van der Waals surface area contributed by atoms with Crippen LogP contribution in [-0.4, -0.2) is 21.7 Å². The van der Waals surface area contributed by atoms with E-state index >= 15 is 0 Å². The molecule has 1 aromatic heterocycles. The molecule has 1 N–H and O–H groups in total. The minimum absolute atomic E-state index is 0.244. The third-order valence-electron chi connectivity index (χ3n) is 3.38. The van der Waals surface area contributed by atoms with Crippen LogP contribution in [0.3, 0.4) is 0 Å². The lowest BCUT2D eigenvalue weighted by molar-refractivity contribution is 0.171. The highest BCUT2D eigenvalue weighted by atomic mass is 16.7. The molecule has 3 rings (SSSR count). The fraction of sp³-hybridized carbons (Fsp3) is 0.400. The van der Waals surface area contributed by atoms with Gasteiger partial charge in [0.1, 0.15) is 0 Å². The highest BCUT2D eigenvalue weighted by Crippen LogP contribution is 2.34. The summed E-state index contributed by atoms with van der Waals surface area (Å²) in [6.07, 6.45) is 1.83. The monoisotopic (exact) mass is 274 g/mol.